The molecule has 0 aromatic heterocycles. The van der Waals surface area contributed by atoms with Gasteiger partial charge in [0.05, 0.1) is 17.7 Å². The van der Waals surface area contributed by atoms with E-state index in [1.165, 1.54) is 25.1 Å². The molecule has 0 bridgehead atoms. The molecule has 0 heterocycles. The number of halogens is 3. The highest BCUT2D eigenvalue weighted by atomic mass is 19.4. The van der Waals surface area contributed by atoms with Gasteiger partial charge >= 0.3 is 6.18 Å². The zero-order chi connectivity index (χ0) is 15.3. The Morgan fingerprint density at radius 1 is 1.40 bits per heavy atom. The molecular formula is C14H17F3N2O. The molecule has 0 aliphatic heterocycles. The van der Waals surface area contributed by atoms with Crippen molar-refractivity contribution in [2.45, 2.75) is 32.5 Å². The Kier molecular flexibility index (Phi) is 5.40. The fourth-order valence-corrected chi connectivity index (χ4v) is 2.01. The molecule has 0 spiro atoms. The van der Waals surface area contributed by atoms with Crippen molar-refractivity contribution in [1.29, 1.82) is 5.26 Å². The quantitative estimate of drug-likeness (QED) is 0.902. The lowest BCUT2D eigenvalue weighted by atomic mass is 10.0. The number of nitriles is 1. The fourth-order valence-electron chi connectivity index (χ4n) is 2.01. The number of aliphatic hydroxyl groups is 1. The van der Waals surface area contributed by atoms with Crippen LogP contribution in [0, 0.1) is 11.3 Å². The first-order valence-corrected chi connectivity index (χ1v) is 6.32. The van der Waals surface area contributed by atoms with E-state index in [1.54, 1.807) is 6.92 Å². The third kappa shape index (κ3) is 4.42. The molecule has 0 saturated heterocycles. The van der Waals surface area contributed by atoms with Crippen LogP contribution in [-0.4, -0.2) is 24.4 Å². The van der Waals surface area contributed by atoms with Gasteiger partial charge in [-0.25, -0.2) is 0 Å². The van der Waals surface area contributed by atoms with Crippen LogP contribution < -0.4 is 4.90 Å². The summed E-state index contributed by atoms with van der Waals surface area (Å²) in [5.41, 5.74) is 0.924. The zero-order valence-electron chi connectivity index (χ0n) is 11.4. The average molecular weight is 286 g/mol. The van der Waals surface area contributed by atoms with Crippen LogP contribution in [0.1, 0.15) is 37.5 Å². The standard InChI is InChI=1S/C14H17F3N2O/c1-3-6-19(9-14(15,16)17)13-7-11(8-18)4-5-12(13)10(2)20/h4-5,7,10,20H,3,6,9H2,1-2H3/t10-/m0/s1. The highest BCUT2D eigenvalue weighted by Gasteiger charge is 2.31. The van der Waals surface area contributed by atoms with Crippen LogP contribution >= 0.6 is 0 Å². The fraction of sp³-hybridized carbons (Fsp3) is 0.500. The van der Waals surface area contributed by atoms with Crippen molar-refractivity contribution in [3.8, 4) is 6.07 Å². The first kappa shape index (κ1) is 16.3. The van der Waals surface area contributed by atoms with Crippen molar-refractivity contribution < 1.29 is 18.3 Å². The molecule has 1 aromatic rings. The maximum Gasteiger partial charge on any atom is 0.405 e. The third-order valence-corrected chi connectivity index (χ3v) is 2.81. The minimum atomic E-state index is -4.34. The molecule has 1 aromatic carbocycles. The van der Waals surface area contributed by atoms with Crippen molar-refractivity contribution in [1.82, 2.24) is 0 Å². The van der Waals surface area contributed by atoms with Crippen LogP contribution in [0.25, 0.3) is 0 Å². The van der Waals surface area contributed by atoms with Gasteiger partial charge in [-0.15, -0.1) is 0 Å². The van der Waals surface area contributed by atoms with Crippen LogP contribution in [0.4, 0.5) is 18.9 Å². The lowest BCUT2D eigenvalue weighted by molar-refractivity contribution is -0.119. The van der Waals surface area contributed by atoms with Crippen LogP contribution in [-0.2, 0) is 0 Å². The number of anilines is 1. The van der Waals surface area contributed by atoms with Gasteiger partial charge in [-0.1, -0.05) is 13.0 Å². The Bertz CT molecular complexity index is 492. The Balaban J connectivity index is 3.26. The number of hydrogen-bond donors (Lipinski definition) is 1. The van der Waals surface area contributed by atoms with Crippen molar-refractivity contribution in [2.24, 2.45) is 0 Å². The van der Waals surface area contributed by atoms with Gasteiger partial charge in [0.25, 0.3) is 0 Å². The summed E-state index contributed by atoms with van der Waals surface area (Å²) in [6.07, 6.45) is -4.70. The Hall–Kier alpha value is -1.74. The second-order valence-corrected chi connectivity index (χ2v) is 4.60. The molecule has 3 nitrogen and oxygen atoms in total. The molecule has 6 heteroatoms. The molecule has 1 rings (SSSR count). The Labute approximate surface area is 116 Å². The van der Waals surface area contributed by atoms with Crippen molar-refractivity contribution in [3.63, 3.8) is 0 Å². The summed E-state index contributed by atoms with van der Waals surface area (Å²) in [6, 6.07) is 6.28. The summed E-state index contributed by atoms with van der Waals surface area (Å²) in [5, 5.41) is 18.6. The summed E-state index contributed by atoms with van der Waals surface area (Å²) in [5.74, 6) is 0. The first-order valence-electron chi connectivity index (χ1n) is 6.32. The lowest BCUT2D eigenvalue weighted by Gasteiger charge is -2.28. The predicted octanol–water partition coefficient (Wildman–Crippen LogP) is 3.39. The topological polar surface area (TPSA) is 47.3 Å². The maximum absolute atomic E-state index is 12.7. The molecule has 0 fully saturated rings. The second kappa shape index (κ2) is 6.62. The first-order chi connectivity index (χ1) is 9.28. The van der Waals surface area contributed by atoms with Gasteiger partial charge in [0.2, 0.25) is 0 Å². The highest BCUT2D eigenvalue weighted by molar-refractivity contribution is 5.58. The number of benzene rings is 1. The normalized spacial score (nSPS) is 12.8. The maximum atomic E-state index is 12.7. The van der Waals surface area contributed by atoms with E-state index in [0.717, 1.165) is 4.90 Å². The molecule has 0 saturated carbocycles. The van der Waals surface area contributed by atoms with Crippen molar-refractivity contribution in [2.75, 3.05) is 18.0 Å². The van der Waals surface area contributed by atoms with E-state index in [9.17, 15) is 18.3 Å². The minimum absolute atomic E-state index is 0.202. The molecule has 20 heavy (non-hydrogen) atoms. The largest absolute Gasteiger partial charge is 0.405 e. The summed E-state index contributed by atoms with van der Waals surface area (Å²) in [6.45, 7) is 2.37. The van der Waals surface area contributed by atoms with E-state index < -0.39 is 18.8 Å². The highest BCUT2D eigenvalue weighted by Crippen LogP contribution is 2.30. The van der Waals surface area contributed by atoms with E-state index in [4.69, 9.17) is 5.26 Å². The number of aliphatic hydroxyl groups excluding tert-OH is 1. The van der Waals surface area contributed by atoms with Gasteiger partial charge < -0.3 is 10.0 Å². The Morgan fingerprint density at radius 3 is 2.50 bits per heavy atom. The van der Waals surface area contributed by atoms with Gasteiger partial charge in [-0.3, -0.25) is 0 Å². The van der Waals surface area contributed by atoms with Gasteiger partial charge in [0.1, 0.15) is 6.54 Å². The van der Waals surface area contributed by atoms with E-state index in [0.29, 0.717) is 12.0 Å². The van der Waals surface area contributed by atoms with Gasteiger partial charge in [-0.05, 0) is 25.5 Å². The number of nitrogens with zero attached hydrogens (tertiary/aromatic N) is 2. The second-order valence-electron chi connectivity index (χ2n) is 4.60. The molecule has 0 aliphatic rings. The lowest BCUT2D eigenvalue weighted by Crippen LogP contribution is -2.35. The van der Waals surface area contributed by atoms with Crippen molar-refractivity contribution in [3.05, 3.63) is 29.3 Å². The van der Waals surface area contributed by atoms with Crippen LogP contribution in [0.5, 0.6) is 0 Å². The Morgan fingerprint density at radius 2 is 2.05 bits per heavy atom. The summed E-state index contributed by atoms with van der Waals surface area (Å²) in [4.78, 5) is 1.16. The van der Waals surface area contributed by atoms with E-state index in [2.05, 4.69) is 0 Å². The van der Waals surface area contributed by atoms with Gasteiger partial charge in [0.15, 0.2) is 0 Å². The monoisotopic (exact) mass is 286 g/mol. The van der Waals surface area contributed by atoms with Gasteiger partial charge in [-0.2, -0.15) is 18.4 Å². The molecular weight excluding hydrogens is 269 g/mol. The minimum Gasteiger partial charge on any atom is -0.389 e. The molecule has 1 N–H and O–H groups in total. The van der Waals surface area contributed by atoms with E-state index in [1.807, 2.05) is 6.07 Å². The number of hydrogen-bond acceptors (Lipinski definition) is 3. The van der Waals surface area contributed by atoms with Crippen LogP contribution in [0.15, 0.2) is 18.2 Å². The summed E-state index contributed by atoms with van der Waals surface area (Å²) >= 11 is 0. The summed E-state index contributed by atoms with van der Waals surface area (Å²) in [7, 11) is 0. The third-order valence-electron chi connectivity index (χ3n) is 2.81. The molecule has 1 atom stereocenters. The van der Waals surface area contributed by atoms with Gasteiger partial charge in [0, 0.05) is 17.8 Å². The number of rotatable bonds is 5. The molecule has 0 radical (unpaired) electrons. The SMILES string of the molecule is CCCN(CC(F)(F)F)c1cc(C#N)ccc1[C@H](C)O. The van der Waals surface area contributed by atoms with E-state index >= 15 is 0 Å². The van der Waals surface area contributed by atoms with Crippen molar-refractivity contribution >= 4 is 5.69 Å². The smallest absolute Gasteiger partial charge is 0.389 e. The van der Waals surface area contributed by atoms with E-state index in [-0.39, 0.29) is 17.8 Å². The molecule has 0 amide bonds. The zero-order valence-corrected chi connectivity index (χ0v) is 11.4. The molecule has 110 valence electrons. The molecule has 0 aliphatic carbocycles. The number of alkyl halides is 3. The average Bonchev–Trinajstić information content (AvgIpc) is 2.35. The van der Waals surface area contributed by atoms with Crippen LogP contribution in [0.2, 0.25) is 0 Å². The predicted molar refractivity (Wildman–Crippen MR) is 70.3 cm³/mol. The summed E-state index contributed by atoms with van der Waals surface area (Å²) < 4.78 is 38.0. The molecule has 0 unspecified atom stereocenters. The van der Waals surface area contributed by atoms with Crippen LogP contribution in [0.3, 0.4) is 0 Å².